The third-order valence-corrected chi connectivity index (χ3v) is 5.02. The SMILES string of the molecule is CCN1C(=O)C(=CN2CCc3ccccc3C2)SC1=S. The Hall–Kier alpha value is -1.33. The molecule has 104 valence electrons. The molecule has 3 nitrogen and oxygen atoms in total. The normalized spacial score (nSPS) is 20.8. The van der Waals surface area contributed by atoms with Crippen LogP contribution in [0.2, 0.25) is 0 Å². The van der Waals surface area contributed by atoms with Crippen LogP contribution in [0.1, 0.15) is 18.1 Å². The first-order valence-electron chi connectivity index (χ1n) is 6.75. The first-order chi connectivity index (χ1) is 9.69. The number of thioether (sulfide) groups is 1. The van der Waals surface area contributed by atoms with Crippen molar-refractivity contribution in [3.8, 4) is 0 Å². The van der Waals surface area contributed by atoms with E-state index in [1.807, 2.05) is 13.1 Å². The second kappa shape index (κ2) is 5.58. The Balaban J connectivity index is 1.78. The van der Waals surface area contributed by atoms with Crippen LogP contribution in [0.25, 0.3) is 0 Å². The minimum absolute atomic E-state index is 0.0429. The molecule has 20 heavy (non-hydrogen) atoms. The number of carbonyl (C=O) groups is 1. The predicted molar refractivity (Wildman–Crippen MR) is 86.2 cm³/mol. The molecular weight excluding hydrogens is 288 g/mol. The zero-order chi connectivity index (χ0) is 14.1. The summed E-state index contributed by atoms with van der Waals surface area (Å²) in [7, 11) is 0. The van der Waals surface area contributed by atoms with Crippen LogP contribution in [0.3, 0.4) is 0 Å². The molecule has 1 saturated heterocycles. The maximum Gasteiger partial charge on any atom is 0.267 e. The lowest BCUT2D eigenvalue weighted by Gasteiger charge is -2.27. The highest BCUT2D eigenvalue weighted by molar-refractivity contribution is 8.26. The van der Waals surface area contributed by atoms with E-state index in [-0.39, 0.29) is 5.91 Å². The van der Waals surface area contributed by atoms with Gasteiger partial charge in [-0.1, -0.05) is 48.2 Å². The van der Waals surface area contributed by atoms with E-state index >= 15 is 0 Å². The molecule has 1 amide bonds. The number of hydrogen-bond acceptors (Lipinski definition) is 4. The van der Waals surface area contributed by atoms with E-state index in [1.165, 1.54) is 22.9 Å². The van der Waals surface area contributed by atoms with Crippen molar-refractivity contribution >= 4 is 34.2 Å². The molecule has 0 saturated carbocycles. The third kappa shape index (κ3) is 2.47. The van der Waals surface area contributed by atoms with Gasteiger partial charge in [0.25, 0.3) is 5.91 Å². The van der Waals surface area contributed by atoms with Crippen LogP contribution in [0, 0.1) is 0 Å². The lowest BCUT2D eigenvalue weighted by molar-refractivity contribution is -0.122. The highest BCUT2D eigenvalue weighted by Crippen LogP contribution is 2.31. The molecule has 1 aromatic carbocycles. The molecule has 2 heterocycles. The highest BCUT2D eigenvalue weighted by Gasteiger charge is 2.31. The molecule has 0 N–H and O–H groups in total. The summed E-state index contributed by atoms with van der Waals surface area (Å²) >= 11 is 6.64. The van der Waals surface area contributed by atoms with Crippen LogP contribution in [0.15, 0.2) is 35.4 Å². The second-order valence-electron chi connectivity index (χ2n) is 4.90. The molecule has 0 bridgehead atoms. The maximum atomic E-state index is 12.2. The molecule has 0 aromatic heterocycles. The number of fused-ring (bicyclic) bond motifs is 1. The van der Waals surface area contributed by atoms with Gasteiger partial charge in [0.2, 0.25) is 0 Å². The number of amides is 1. The smallest absolute Gasteiger partial charge is 0.267 e. The number of rotatable bonds is 2. The van der Waals surface area contributed by atoms with Crippen molar-refractivity contribution in [3.05, 3.63) is 46.5 Å². The standard InChI is InChI=1S/C15H16N2OS2/c1-2-17-14(18)13(20-15(17)19)10-16-8-7-11-5-3-4-6-12(11)9-16/h3-6,10H,2,7-9H2,1H3. The van der Waals surface area contributed by atoms with E-state index < -0.39 is 0 Å². The van der Waals surface area contributed by atoms with Crippen molar-refractivity contribution in [2.75, 3.05) is 13.1 Å². The third-order valence-electron chi connectivity index (χ3n) is 3.65. The Bertz CT molecular complexity index is 597. The molecule has 0 unspecified atom stereocenters. The Kier molecular flexibility index (Phi) is 3.81. The van der Waals surface area contributed by atoms with Gasteiger partial charge in [-0.05, 0) is 24.5 Å². The predicted octanol–water partition coefficient (Wildman–Crippen LogP) is 2.77. The average Bonchev–Trinajstić information content (AvgIpc) is 2.73. The summed E-state index contributed by atoms with van der Waals surface area (Å²) in [4.78, 5) is 16.8. The van der Waals surface area contributed by atoms with Gasteiger partial charge in [-0.2, -0.15) is 0 Å². The van der Waals surface area contributed by atoms with Gasteiger partial charge in [-0.3, -0.25) is 9.69 Å². The summed E-state index contributed by atoms with van der Waals surface area (Å²) in [5.41, 5.74) is 2.76. The second-order valence-corrected chi connectivity index (χ2v) is 6.58. The molecule has 5 heteroatoms. The van der Waals surface area contributed by atoms with Gasteiger partial charge < -0.3 is 4.90 Å². The zero-order valence-electron chi connectivity index (χ0n) is 11.3. The van der Waals surface area contributed by atoms with Gasteiger partial charge >= 0.3 is 0 Å². The Morgan fingerprint density at radius 2 is 2.10 bits per heavy atom. The molecule has 1 aromatic rings. The van der Waals surface area contributed by atoms with E-state index in [2.05, 4.69) is 29.2 Å². The van der Waals surface area contributed by atoms with Crippen molar-refractivity contribution in [3.63, 3.8) is 0 Å². The minimum Gasteiger partial charge on any atom is -0.372 e. The first-order valence-corrected chi connectivity index (χ1v) is 7.98. The molecule has 1 fully saturated rings. The van der Waals surface area contributed by atoms with Gasteiger partial charge in [-0.25, -0.2) is 0 Å². The van der Waals surface area contributed by atoms with Crippen LogP contribution in [0.4, 0.5) is 0 Å². The van der Waals surface area contributed by atoms with Crippen molar-refractivity contribution in [2.24, 2.45) is 0 Å². The Labute approximate surface area is 128 Å². The lowest BCUT2D eigenvalue weighted by atomic mass is 10.0. The van der Waals surface area contributed by atoms with Crippen LogP contribution in [-0.2, 0) is 17.8 Å². The largest absolute Gasteiger partial charge is 0.372 e. The van der Waals surface area contributed by atoms with E-state index in [4.69, 9.17) is 12.2 Å². The summed E-state index contributed by atoms with van der Waals surface area (Å²) < 4.78 is 0.668. The topological polar surface area (TPSA) is 23.6 Å². The van der Waals surface area contributed by atoms with E-state index in [0.29, 0.717) is 10.9 Å². The van der Waals surface area contributed by atoms with Crippen LogP contribution < -0.4 is 0 Å². The zero-order valence-corrected chi connectivity index (χ0v) is 13.0. The number of thiocarbonyl (C=S) groups is 1. The van der Waals surface area contributed by atoms with Gasteiger partial charge in [0.15, 0.2) is 0 Å². The number of hydrogen-bond donors (Lipinski definition) is 0. The summed E-state index contributed by atoms with van der Waals surface area (Å²) in [6.45, 7) is 4.41. The average molecular weight is 304 g/mol. The molecule has 2 aliphatic heterocycles. The Morgan fingerprint density at radius 1 is 1.35 bits per heavy atom. The fraction of sp³-hybridized carbons (Fsp3) is 0.333. The molecule has 0 radical (unpaired) electrons. The summed E-state index contributed by atoms with van der Waals surface area (Å²) in [5.74, 6) is 0.0429. The van der Waals surface area contributed by atoms with Gasteiger partial charge in [0.1, 0.15) is 4.32 Å². The first kappa shape index (κ1) is 13.6. The van der Waals surface area contributed by atoms with Crippen molar-refractivity contribution in [1.29, 1.82) is 0 Å². The fourth-order valence-electron chi connectivity index (χ4n) is 2.56. The molecular formula is C15H16N2OS2. The van der Waals surface area contributed by atoms with Crippen molar-refractivity contribution in [2.45, 2.75) is 19.9 Å². The van der Waals surface area contributed by atoms with E-state index in [1.54, 1.807) is 4.90 Å². The summed E-state index contributed by atoms with van der Waals surface area (Å²) in [6.07, 6.45) is 3.01. The summed E-state index contributed by atoms with van der Waals surface area (Å²) in [5, 5.41) is 0. The van der Waals surface area contributed by atoms with Crippen LogP contribution in [0.5, 0.6) is 0 Å². The number of nitrogens with zero attached hydrogens (tertiary/aromatic N) is 2. The minimum atomic E-state index is 0.0429. The van der Waals surface area contributed by atoms with Crippen molar-refractivity contribution in [1.82, 2.24) is 9.80 Å². The fourth-order valence-corrected chi connectivity index (χ4v) is 3.95. The monoisotopic (exact) mass is 304 g/mol. The molecule has 0 spiro atoms. The molecule has 0 aliphatic carbocycles. The van der Waals surface area contributed by atoms with E-state index in [0.717, 1.165) is 24.4 Å². The van der Waals surface area contributed by atoms with E-state index in [9.17, 15) is 4.79 Å². The number of likely N-dealkylation sites (N-methyl/N-ethyl adjacent to an activating group) is 1. The quantitative estimate of drug-likeness (QED) is 0.619. The molecule has 2 aliphatic rings. The molecule has 0 atom stereocenters. The Morgan fingerprint density at radius 3 is 2.80 bits per heavy atom. The lowest BCUT2D eigenvalue weighted by Crippen LogP contribution is -2.29. The summed E-state index contributed by atoms with van der Waals surface area (Å²) in [6, 6.07) is 8.50. The van der Waals surface area contributed by atoms with Gasteiger partial charge in [0.05, 0.1) is 4.91 Å². The van der Waals surface area contributed by atoms with Crippen LogP contribution in [-0.4, -0.2) is 33.1 Å². The van der Waals surface area contributed by atoms with Crippen LogP contribution >= 0.6 is 24.0 Å². The molecule has 3 rings (SSSR count). The maximum absolute atomic E-state index is 12.2. The van der Waals surface area contributed by atoms with Gasteiger partial charge in [0, 0.05) is 25.8 Å². The highest BCUT2D eigenvalue weighted by atomic mass is 32.2. The van der Waals surface area contributed by atoms with Gasteiger partial charge in [-0.15, -0.1) is 0 Å². The number of carbonyl (C=O) groups excluding carboxylic acids is 1. The number of benzene rings is 1. The van der Waals surface area contributed by atoms with Crippen molar-refractivity contribution < 1.29 is 4.79 Å².